The van der Waals surface area contributed by atoms with Gasteiger partial charge in [-0.25, -0.2) is 22.8 Å². The number of nitrogens with one attached hydrogen (secondary N) is 2. The first-order valence-corrected chi connectivity index (χ1v) is 11.2. The van der Waals surface area contributed by atoms with Crippen LogP contribution in [0.3, 0.4) is 0 Å². The van der Waals surface area contributed by atoms with Crippen LogP contribution >= 0.6 is 15.9 Å². The van der Waals surface area contributed by atoms with Crippen LogP contribution in [0.25, 0.3) is 11.0 Å². The summed E-state index contributed by atoms with van der Waals surface area (Å²) in [5, 5.41) is 2.85. The zero-order valence-corrected chi connectivity index (χ0v) is 18.1. The number of aryl methyl sites for hydroxylation is 1. The Balaban J connectivity index is 1.80. The summed E-state index contributed by atoms with van der Waals surface area (Å²) in [6, 6.07) is 18.0. The molecule has 0 amide bonds. The zero-order chi connectivity index (χ0) is 21.3. The van der Waals surface area contributed by atoms with Crippen LogP contribution in [-0.4, -0.2) is 18.4 Å². The van der Waals surface area contributed by atoms with Crippen LogP contribution in [0, 0.1) is 12.7 Å². The summed E-state index contributed by atoms with van der Waals surface area (Å²) in [5.41, 5.74) is 1.98. The molecule has 6 nitrogen and oxygen atoms in total. The van der Waals surface area contributed by atoms with Crippen molar-refractivity contribution in [3.8, 4) is 0 Å². The lowest BCUT2D eigenvalue weighted by molar-refractivity contribution is 0.601. The maximum absolute atomic E-state index is 14.3. The molecule has 0 aliphatic rings. The van der Waals surface area contributed by atoms with Gasteiger partial charge < -0.3 is 5.32 Å². The number of hydrogen-bond acceptors (Lipinski definition) is 5. The number of anilines is 3. The summed E-state index contributed by atoms with van der Waals surface area (Å²) in [5.74, 6) is -0.462. The maximum Gasteiger partial charge on any atom is 0.263 e. The van der Waals surface area contributed by atoms with Gasteiger partial charge in [0.05, 0.1) is 21.6 Å². The van der Waals surface area contributed by atoms with Crippen LogP contribution < -0.4 is 10.0 Å². The van der Waals surface area contributed by atoms with Gasteiger partial charge in [0.15, 0.2) is 11.6 Å². The van der Waals surface area contributed by atoms with E-state index in [9.17, 15) is 12.8 Å². The molecule has 0 spiro atoms. The van der Waals surface area contributed by atoms with Gasteiger partial charge in [-0.3, -0.25) is 4.72 Å². The normalized spacial score (nSPS) is 11.4. The molecule has 152 valence electrons. The molecule has 0 aliphatic carbocycles. The van der Waals surface area contributed by atoms with Crippen molar-refractivity contribution in [2.24, 2.45) is 0 Å². The minimum atomic E-state index is -3.93. The second-order valence-corrected chi connectivity index (χ2v) is 9.18. The topological polar surface area (TPSA) is 84.0 Å². The molecular weight excluding hydrogens is 471 g/mol. The van der Waals surface area contributed by atoms with Gasteiger partial charge in [-0.1, -0.05) is 40.2 Å². The van der Waals surface area contributed by atoms with Gasteiger partial charge in [-0.15, -0.1) is 0 Å². The van der Waals surface area contributed by atoms with E-state index in [1.54, 1.807) is 55.5 Å². The maximum atomic E-state index is 14.3. The highest BCUT2D eigenvalue weighted by Crippen LogP contribution is 2.29. The highest BCUT2D eigenvalue weighted by atomic mass is 79.9. The molecule has 9 heteroatoms. The van der Waals surface area contributed by atoms with E-state index in [1.165, 1.54) is 18.2 Å². The summed E-state index contributed by atoms with van der Waals surface area (Å²) in [6.45, 7) is 1.80. The van der Waals surface area contributed by atoms with Crippen molar-refractivity contribution in [3.63, 3.8) is 0 Å². The molecule has 4 rings (SSSR count). The first-order chi connectivity index (χ1) is 14.3. The van der Waals surface area contributed by atoms with E-state index in [4.69, 9.17) is 0 Å². The van der Waals surface area contributed by atoms with E-state index in [2.05, 4.69) is 35.9 Å². The van der Waals surface area contributed by atoms with Crippen molar-refractivity contribution in [2.75, 3.05) is 10.0 Å². The molecule has 0 unspecified atom stereocenters. The predicted octanol–water partition coefficient (Wildman–Crippen LogP) is 5.38. The smallest absolute Gasteiger partial charge is 0.263 e. The molecule has 0 fully saturated rings. The number of halogens is 2. The molecule has 2 N–H and O–H groups in total. The van der Waals surface area contributed by atoms with E-state index in [-0.39, 0.29) is 22.2 Å². The van der Waals surface area contributed by atoms with E-state index in [1.807, 2.05) is 0 Å². The number of para-hydroxylation sites is 2. The van der Waals surface area contributed by atoms with Gasteiger partial charge in [-0.2, -0.15) is 0 Å². The van der Waals surface area contributed by atoms with Gasteiger partial charge in [-0.05, 0) is 55.0 Å². The first-order valence-electron chi connectivity index (χ1n) is 8.90. The van der Waals surface area contributed by atoms with E-state index < -0.39 is 15.8 Å². The van der Waals surface area contributed by atoms with Crippen molar-refractivity contribution < 1.29 is 12.8 Å². The quantitative estimate of drug-likeness (QED) is 0.395. The Morgan fingerprint density at radius 2 is 1.60 bits per heavy atom. The fourth-order valence-corrected chi connectivity index (χ4v) is 4.29. The molecule has 0 atom stereocenters. The van der Waals surface area contributed by atoms with Crippen molar-refractivity contribution in [3.05, 3.63) is 82.6 Å². The van der Waals surface area contributed by atoms with Crippen LogP contribution in [0.5, 0.6) is 0 Å². The molecule has 0 aliphatic heterocycles. The molecule has 0 bridgehead atoms. The molecule has 0 saturated carbocycles. The number of hydrogen-bond donors (Lipinski definition) is 2. The Bertz CT molecular complexity index is 1360. The second-order valence-electron chi connectivity index (χ2n) is 6.58. The molecule has 4 aromatic rings. The standard InChI is InChI=1S/C21H16BrFN4O2S/c1-13-5-4-6-15(11-13)30(28,29)27-21-20(24-17-10-9-14(22)12-16(17)23)25-18-7-2-3-8-19(18)26-21/h2-12H,1H3,(H,24,25)(H,26,27). The van der Waals surface area contributed by atoms with Gasteiger partial charge in [0.2, 0.25) is 0 Å². The zero-order valence-electron chi connectivity index (χ0n) is 15.7. The van der Waals surface area contributed by atoms with Gasteiger partial charge >= 0.3 is 0 Å². The Morgan fingerprint density at radius 1 is 0.900 bits per heavy atom. The van der Waals surface area contributed by atoms with Crippen LogP contribution in [0.2, 0.25) is 0 Å². The van der Waals surface area contributed by atoms with Gasteiger partial charge in [0.25, 0.3) is 10.0 Å². The number of aromatic nitrogens is 2. The molecule has 30 heavy (non-hydrogen) atoms. The highest BCUT2D eigenvalue weighted by Gasteiger charge is 2.19. The summed E-state index contributed by atoms with van der Waals surface area (Å²) < 4.78 is 43.2. The van der Waals surface area contributed by atoms with Crippen molar-refractivity contribution in [2.45, 2.75) is 11.8 Å². The molecule has 1 aromatic heterocycles. The van der Waals surface area contributed by atoms with Crippen molar-refractivity contribution in [1.29, 1.82) is 0 Å². The lowest BCUT2D eigenvalue weighted by Crippen LogP contribution is -2.16. The van der Waals surface area contributed by atoms with Crippen molar-refractivity contribution >= 4 is 54.3 Å². The number of sulfonamides is 1. The Labute approximate surface area is 181 Å². The summed E-state index contributed by atoms with van der Waals surface area (Å²) in [4.78, 5) is 8.95. The van der Waals surface area contributed by atoms with Gasteiger partial charge in [0.1, 0.15) is 5.82 Å². The van der Waals surface area contributed by atoms with Crippen LogP contribution in [0.4, 0.5) is 21.7 Å². The predicted molar refractivity (Wildman–Crippen MR) is 119 cm³/mol. The van der Waals surface area contributed by atoms with Crippen LogP contribution in [0.15, 0.2) is 76.1 Å². The third-order valence-corrected chi connectivity index (χ3v) is 6.12. The third-order valence-electron chi connectivity index (χ3n) is 4.29. The fraction of sp³-hybridized carbons (Fsp3) is 0.0476. The summed E-state index contributed by atoms with van der Waals surface area (Å²) >= 11 is 3.21. The Hall–Kier alpha value is -3.04. The minimum Gasteiger partial charge on any atom is -0.335 e. The SMILES string of the molecule is Cc1cccc(S(=O)(=O)Nc2nc3ccccc3nc2Nc2ccc(Br)cc2F)c1. The van der Waals surface area contributed by atoms with E-state index in [0.29, 0.717) is 15.5 Å². The van der Waals surface area contributed by atoms with Crippen molar-refractivity contribution in [1.82, 2.24) is 9.97 Å². The molecule has 0 saturated heterocycles. The molecule has 1 heterocycles. The van der Waals surface area contributed by atoms with Crippen LogP contribution in [-0.2, 0) is 10.0 Å². The average molecular weight is 487 g/mol. The number of nitrogens with zero attached hydrogens (tertiary/aromatic N) is 2. The Morgan fingerprint density at radius 3 is 2.27 bits per heavy atom. The van der Waals surface area contributed by atoms with E-state index >= 15 is 0 Å². The molecule has 3 aromatic carbocycles. The monoisotopic (exact) mass is 486 g/mol. The highest BCUT2D eigenvalue weighted by molar-refractivity contribution is 9.10. The van der Waals surface area contributed by atoms with Crippen LogP contribution in [0.1, 0.15) is 5.56 Å². The number of rotatable bonds is 5. The summed E-state index contributed by atoms with van der Waals surface area (Å²) in [7, 11) is -3.93. The third kappa shape index (κ3) is 4.27. The first kappa shape index (κ1) is 20.2. The second kappa shape index (κ2) is 8.00. The fourth-order valence-electron chi connectivity index (χ4n) is 2.85. The summed E-state index contributed by atoms with van der Waals surface area (Å²) in [6.07, 6.45) is 0. The molecular formula is C21H16BrFN4O2S. The Kier molecular flexibility index (Phi) is 5.40. The van der Waals surface area contributed by atoms with Gasteiger partial charge in [0, 0.05) is 4.47 Å². The minimum absolute atomic E-state index is 0.0301. The number of fused-ring (bicyclic) bond motifs is 1. The largest absolute Gasteiger partial charge is 0.335 e. The molecule has 0 radical (unpaired) electrons. The lowest BCUT2D eigenvalue weighted by atomic mass is 10.2. The average Bonchev–Trinajstić information content (AvgIpc) is 2.70. The van der Waals surface area contributed by atoms with E-state index in [0.717, 1.165) is 5.56 Å². The lowest BCUT2D eigenvalue weighted by Gasteiger charge is -2.14. The number of benzene rings is 3.